The Hall–Kier alpha value is -1.63. The molecular formula is C8H8N2O4S. The molecule has 1 aliphatic heterocycles. The van der Waals surface area contributed by atoms with Crippen molar-refractivity contribution in [3.8, 4) is 0 Å². The molecule has 0 spiro atoms. The molecule has 0 saturated carbocycles. The zero-order valence-electron chi connectivity index (χ0n) is 7.63. The second kappa shape index (κ2) is 3.20. The predicted octanol–water partition coefficient (Wildman–Crippen LogP) is 0.794. The van der Waals surface area contributed by atoms with E-state index in [1.54, 1.807) is 0 Å². The third-order valence-corrected chi connectivity index (χ3v) is 3.95. The van der Waals surface area contributed by atoms with Gasteiger partial charge < -0.3 is 5.32 Å². The van der Waals surface area contributed by atoms with Crippen LogP contribution in [0.3, 0.4) is 0 Å². The Morgan fingerprint density at radius 3 is 2.80 bits per heavy atom. The van der Waals surface area contributed by atoms with Crippen LogP contribution in [0.5, 0.6) is 0 Å². The molecular weight excluding hydrogens is 220 g/mol. The van der Waals surface area contributed by atoms with Crippen LogP contribution in [0, 0.1) is 10.1 Å². The van der Waals surface area contributed by atoms with E-state index >= 15 is 0 Å². The average Bonchev–Trinajstić information content (AvgIpc) is 2.17. The molecule has 0 aliphatic carbocycles. The highest BCUT2D eigenvalue weighted by Crippen LogP contribution is 2.29. The van der Waals surface area contributed by atoms with Crippen molar-refractivity contribution < 1.29 is 13.3 Å². The van der Waals surface area contributed by atoms with E-state index in [1.807, 2.05) is 0 Å². The fourth-order valence-corrected chi connectivity index (χ4v) is 2.82. The number of nitrogens with one attached hydrogen (secondary N) is 1. The van der Waals surface area contributed by atoms with Crippen LogP contribution in [0.15, 0.2) is 23.1 Å². The molecule has 15 heavy (non-hydrogen) atoms. The quantitative estimate of drug-likeness (QED) is 0.567. The van der Waals surface area contributed by atoms with Gasteiger partial charge in [0.15, 0.2) is 9.84 Å². The summed E-state index contributed by atoms with van der Waals surface area (Å²) in [7, 11) is -3.37. The lowest BCUT2D eigenvalue weighted by atomic mass is 10.3. The van der Waals surface area contributed by atoms with Crippen molar-refractivity contribution >= 4 is 21.2 Å². The SMILES string of the molecule is O=[N+]([O-])c1ccc2c(c1)S(=O)(=O)CCN2. The zero-order chi connectivity index (χ0) is 11.1. The lowest BCUT2D eigenvalue weighted by molar-refractivity contribution is -0.385. The van der Waals surface area contributed by atoms with E-state index in [0.717, 1.165) is 6.07 Å². The van der Waals surface area contributed by atoms with E-state index in [-0.39, 0.29) is 16.3 Å². The summed E-state index contributed by atoms with van der Waals surface area (Å²) in [4.78, 5) is 9.90. The molecule has 2 rings (SSSR count). The lowest BCUT2D eigenvalue weighted by Crippen LogP contribution is -2.23. The van der Waals surface area contributed by atoms with Crippen molar-refractivity contribution in [2.45, 2.75) is 4.90 Å². The molecule has 0 aromatic heterocycles. The van der Waals surface area contributed by atoms with Gasteiger partial charge in [0, 0.05) is 18.7 Å². The molecule has 0 saturated heterocycles. The van der Waals surface area contributed by atoms with Crippen LogP contribution in [-0.4, -0.2) is 25.6 Å². The van der Waals surface area contributed by atoms with Gasteiger partial charge in [0.25, 0.3) is 5.69 Å². The van der Waals surface area contributed by atoms with Crippen LogP contribution in [0.25, 0.3) is 0 Å². The number of hydrogen-bond donors (Lipinski definition) is 1. The lowest BCUT2D eigenvalue weighted by Gasteiger charge is -2.17. The van der Waals surface area contributed by atoms with Gasteiger partial charge in [-0.25, -0.2) is 8.42 Å². The van der Waals surface area contributed by atoms with Crippen molar-refractivity contribution in [1.29, 1.82) is 0 Å². The Bertz CT molecular complexity index is 523. The van der Waals surface area contributed by atoms with Crippen LogP contribution < -0.4 is 5.32 Å². The van der Waals surface area contributed by atoms with Gasteiger partial charge in [0.2, 0.25) is 0 Å². The van der Waals surface area contributed by atoms with Crippen molar-refractivity contribution in [3.63, 3.8) is 0 Å². The maximum Gasteiger partial charge on any atom is 0.270 e. The number of fused-ring (bicyclic) bond motifs is 1. The molecule has 0 atom stereocenters. The number of anilines is 1. The fraction of sp³-hybridized carbons (Fsp3) is 0.250. The molecule has 0 amide bonds. The number of hydrogen-bond acceptors (Lipinski definition) is 5. The highest BCUT2D eigenvalue weighted by atomic mass is 32.2. The van der Waals surface area contributed by atoms with Gasteiger partial charge in [0.05, 0.1) is 21.3 Å². The summed E-state index contributed by atoms with van der Waals surface area (Å²) in [5, 5.41) is 13.4. The number of nitro benzene ring substituents is 1. The molecule has 80 valence electrons. The second-order valence-electron chi connectivity index (χ2n) is 3.18. The van der Waals surface area contributed by atoms with Crippen LogP contribution in [0.1, 0.15) is 0 Å². The fourth-order valence-electron chi connectivity index (χ4n) is 1.46. The summed E-state index contributed by atoms with van der Waals surface area (Å²) in [6.07, 6.45) is 0. The van der Waals surface area contributed by atoms with Crippen molar-refractivity contribution in [2.75, 3.05) is 17.6 Å². The first-order chi connectivity index (χ1) is 7.00. The number of rotatable bonds is 1. The summed E-state index contributed by atoms with van der Waals surface area (Å²) < 4.78 is 23.2. The first-order valence-corrected chi connectivity index (χ1v) is 5.91. The highest BCUT2D eigenvalue weighted by Gasteiger charge is 2.25. The Labute approximate surface area is 86.0 Å². The van der Waals surface area contributed by atoms with Crippen molar-refractivity contribution in [2.24, 2.45) is 0 Å². The third kappa shape index (κ3) is 1.65. The van der Waals surface area contributed by atoms with Crippen LogP contribution in [-0.2, 0) is 9.84 Å². The molecule has 0 fully saturated rings. The molecule has 0 radical (unpaired) electrons. The molecule has 1 N–H and O–H groups in total. The van der Waals surface area contributed by atoms with Gasteiger partial charge >= 0.3 is 0 Å². The minimum atomic E-state index is -3.37. The maximum absolute atomic E-state index is 11.6. The molecule has 1 heterocycles. The first kappa shape index (κ1) is 9.91. The van der Waals surface area contributed by atoms with Gasteiger partial charge in [-0.3, -0.25) is 10.1 Å². The second-order valence-corrected chi connectivity index (χ2v) is 5.26. The zero-order valence-corrected chi connectivity index (χ0v) is 8.45. The summed E-state index contributed by atoms with van der Waals surface area (Å²) >= 11 is 0. The number of nitrogens with zero attached hydrogens (tertiary/aromatic N) is 1. The Morgan fingerprint density at radius 1 is 1.40 bits per heavy atom. The van der Waals surface area contributed by atoms with Gasteiger partial charge in [-0.1, -0.05) is 0 Å². The standard InChI is InChI=1S/C8H8N2O4S/c11-10(12)6-1-2-7-8(5-6)15(13,14)4-3-9-7/h1-2,5,9H,3-4H2. The normalized spacial score (nSPS) is 17.6. The van der Waals surface area contributed by atoms with E-state index in [4.69, 9.17) is 0 Å². The molecule has 7 heteroatoms. The van der Waals surface area contributed by atoms with Gasteiger partial charge in [-0.05, 0) is 6.07 Å². The van der Waals surface area contributed by atoms with Crippen LogP contribution >= 0.6 is 0 Å². The minimum absolute atomic E-state index is 0.0166. The van der Waals surface area contributed by atoms with E-state index in [2.05, 4.69) is 5.32 Å². The van der Waals surface area contributed by atoms with Crippen molar-refractivity contribution in [3.05, 3.63) is 28.3 Å². The number of non-ortho nitro benzene ring substituents is 1. The minimum Gasteiger partial charge on any atom is -0.383 e. The summed E-state index contributed by atoms with van der Waals surface area (Å²) in [6, 6.07) is 3.80. The molecule has 1 aliphatic rings. The summed E-state index contributed by atoms with van der Waals surface area (Å²) in [6.45, 7) is 0.340. The molecule has 6 nitrogen and oxygen atoms in total. The van der Waals surface area contributed by atoms with E-state index in [9.17, 15) is 18.5 Å². The van der Waals surface area contributed by atoms with Crippen molar-refractivity contribution in [1.82, 2.24) is 0 Å². The third-order valence-electron chi connectivity index (χ3n) is 2.20. The molecule has 1 aromatic rings. The average molecular weight is 228 g/mol. The summed E-state index contributed by atoms with van der Waals surface area (Å²) in [5.41, 5.74) is 0.230. The smallest absolute Gasteiger partial charge is 0.270 e. The van der Waals surface area contributed by atoms with Crippen LogP contribution in [0.4, 0.5) is 11.4 Å². The van der Waals surface area contributed by atoms with E-state index in [0.29, 0.717) is 12.2 Å². The van der Waals surface area contributed by atoms with E-state index < -0.39 is 14.8 Å². The Balaban J connectivity index is 2.64. The predicted molar refractivity (Wildman–Crippen MR) is 53.6 cm³/mol. The first-order valence-electron chi connectivity index (χ1n) is 4.26. The topological polar surface area (TPSA) is 89.3 Å². The number of nitro groups is 1. The monoisotopic (exact) mass is 228 g/mol. The van der Waals surface area contributed by atoms with Gasteiger partial charge in [-0.15, -0.1) is 0 Å². The Morgan fingerprint density at radius 2 is 2.13 bits per heavy atom. The van der Waals surface area contributed by atoms with Gasteiger partial charge in [-0.2, -0.15) is 0 Å². The maximum atomic E-state index is 11.6. The number of benzene rings is 1. The summed E-state index contributed by atoms with van der Waals surface area (Å²) in [5.74, 6) is -0.0266. The highest BCUT2D eigenvalue weighted by molar-refractivity contribution is 7.91. The Kier molecular flexibility index (Phi) is 2.11. The van der Waals surface area contributed by atoms with Gasteiger partial charge in [0.1, 0.15) is 0 Å². The molecule has 0 bridgehead atoms. The van der Waals surface area contributed by atoms with Crippen LogP contribution in [0.2, 0.25) is 0 Å². The molecule has 1 aromatic carbocycles. The number of sulfone groups is 1. The van der Waals surface area contributed by atoms with E-state index in [1.165, 1.54) is 12.1 Å². The molecule has 0 unspecified atom stereocenters. The largest absolute Gasteiger partial charge is 0.383 e.